The molecule has 0 saturated carbocycles. The molecule has 26 heavy (non-hydrogen) atoms. The van der Waals surface area contributed by atoms with E-state index in [0.29, 0.717) is 32.5 Å². The highest BCUT2D eigenvalue weighted by molar-refractivity contribution is 7.89. The lowest BCUT2D eigenvalue weighted by molar-refractivity contribution is -0.136. The van der Waals surface area contributed by atoms with Gasteiger partial charge in [0.25, 0.3) is 0 Å². The van der Waals surface area contributed by atoms with E-state index in [0.717, 1.165) is 12.5 Å². The number of benzene rings is 1. The van der Waals surface area contributed by atoms with Crippen molar-refractivity contribution in [1.82, 2.24) is 9.21 Å². The maximum Gasteiger partial charge on any atom is 0.245 e. The Labute approximate surface area is 154 Å². The average Bonchev–Trinajstić information content (AvgIpc) is 3.04. The van der Waals surface area contributed by atoms with Crippen LogP contribution in [0, 0.1) is 17.2 Å². The number of piperidine rings is 1. The second-order valence-corrected chi connectivity index (χ2v) is 9.54. The normalized spacial score (nSPS) is 25.6. The quantitative estimate of drug-likeness (QED) is 0.852. The molecule has 1 atom stereocenters. The zero-order valence-electron chi connectivity index (χ0n) is 15.0. The van der Waals surface area contributed by atoms with E-state index >= 15 is 0 Å². The van der Waals surface area contributed by atoms with Crippen molar-refractivity contribution < 1.29 is 17.6 Å². The Bertz CT molecular complexity index is 778. The smallest absolute Gasteiger partial charge is 0.245 e. The summed E-state index contributed by atoms with van der Waals surface area (Å²) in [4.78, 5) is 14.3. The maximum absolute atomic E-state index is 13.9. The molecule has 2 heterocycles. The van der Waals surface area contributed by atoms with Crippen molar-refractivity contribution in [3.05, 3.63) is 30.1 Å². The Hall–Kier alpha value is -1.51. The molecule has 1 amide bonds. The molecule has 2 aliphatic rings. The summed E-state index contributed by atoms with van der Waals surface area (Å²) in [5.41, 5.74) is 5.78. The van der Waals surface area contributed by atoms with Gasteiger partial charge in [-0.25, -0.2) is 12.8 Å². The van der Waals surface area contributed by atoms with Crippen molar-refractivity contribution >= 4 is 15.9 Å². The predicted molar refractivity (Wildman–Crippen MR) is 96.2 cm³/mol. The molecule has 144 valence electrons. The molecule has 6 nitrogen and oxygen atoms in total. The van der Waals surface area contributed by atoms with Gasteiger partial charge >= 0.3 is 0 Å². The third-order valence-corrected chi connectivity index (χ3v) is 7.55. The Balaban J connectivity index is 1.63. The lowest BCUT2D eigenvalue weighted by atomic mass is 9.90. The molecule has 2 saturated heterocycles. The number of hydrogen-bond donors (Lipinski definition) is 1. The molecule has 0 spiro atoms. The Morgan fingerprint density at radius 1 is 1.27 bits per heavy atom. The van der Waals surface area contributed by atoms with Crippen molar-refractivity contribution in [3.8, 4) is 0 Å². The van der Waals surface area contributed by atoms with Crippen molar-refractivity contribution in [1.29, 1.82) is 0 Å². The molecule has 2 aliphatic heterocycles. The van der Waals surface area contributed by atoms with Crippen molar-refractivity contribution in [2.45, 2.75) is 31.1 Å². The van der Waals surface area contributed by atoms with Gasteiger partial charge in [-0.05, 0) is 43.4 Å². The summed E-state index contributed by atoms with van der Waals surface area (Å²) in [5, 5.41) is 0. The number of amides is 1. The summed E-state index contributed by atoms with van der Waals surface area (Å²) in [6.45, 7) is 4.47. The highest BCUT2D eigenvalue weighted by Crippen LogP contribution is 2.32. The van der Waals surface area contributed by atoms with Crippen LogP contribution in [-0.2, 0) is 14.8 Å². The van der Waals surface area contributed by atoms with E-state index < -0.39 is 15.8 Å². The molecule has 2 N–H and O–H groups in total. The van der Waals surface area contributed by atoms with E-state index in [4.69, 9.17) is 5.73 Å². The molecule has 0 aromatic heterocycles. The summed E-state index contributed by atoms with van der Waals surface area (Å²) < 4.78 is 40.4. The number of likely N-dealkylation sites (tertiary alicyclic amines) is 1. The molecule has 1 unspecified atom stereocenters. The predicted octanol–water partition coefficient (Wildman–Crippen LogP) is 1.42. The van der Waals surface area contributed by atoms with Gasteiger partial charge in [0.1, 0.15) is 10.7 Å². The minimum Gasteiger partial charge on any atom is -0.342 e. The second-order valence-electron chi connectivity index (χ2n) is 7.63. The van der Waals surface area contributed by atoms with Crippen molar-refractivity contribution in [2.24, 2.45) is 17.1 Å². The number of carbonyl (C=O) groups is 1. The fourth-order valence-corrected chi connectivity index (χ4v) is 5.31. The van der Waals surface area contributed by atoms with Crippen LogP contribution in [0.3, 0.4) is 0 Å². The van der Waals surface area contributed by atoms with E-state index in [1.165, 1.54) is 22.5 Å². The van der Waals surface area contributed by atoms with Crippen LogP contribution < -0.4 is 5.73 Å². The summed E-state index contributed by atoms with van der Waals surface area (Å²) in [6, 6.07) is 5.39. The molecule has 0 bridgehead atoms. The number of hydrogen-bond acceptors (Lipinski definition) is 4. The van der Waals surface area contributed by atoms with Crippen LogP contribution in [0.15, 0.2) is 29.2 Å². The van der Waals surface area contributed by atoms with Crippen molar-refractivity contribution in [2.75, 3.05) is 32.7 Å². The fraction of sp³-hybridized carbons (Fsp3) is 0.611. The number of nitrogens with two attached hydrogens (primary N) is 1. The van der Waals surface area contributed by atoms with Crippen LogP contribution in [0.2, 0.25) is 0 Å². The molecule has 2 fully saturated rings. The van der Waals surface area contributed by atoms with E-state index in [9.17, 15) is 17.6 Å². The monoisotopic (exact) mass is 383 g/mol. The van der Waals surface area contributed by atoms with E-state index in [-0.39, 0.29) is 35.2 Å². The van der Waals surface area contributed by atoms with Crippen LogP contribution >= 0.6 is 0 Å². The third-order valence-electron chi connectivity index (χ3n) is 5.62. The van der Waals surface area contributed by atoms with Crippen LogP contribution in [0.5, 0.6) is 0 Å². The highest BCUT2D eigenvalue weighted by Gasteiger charge is 2.39. The number of carbonyl (C=O) groups excluding carboxylic acids is 1. The number of sulfonamides is 1. The molecule has 1 aromatic rings. The first-order valence-electron chi connectivity index (χ1n) is 9.00. The lowest BCUT2D eigenvalue weighted by Crippen LogP contribution is -2.44. The minimum atomic E-state index is -3.87. The summed E-state index contributed by atoms with van der Waals surface area (Å²) in [7, 11) is -3.87. The van der Waals surface area contributed by atoms with Crippen LogP contribution in [0.1, 0.15) is 26.2 Å². The molecular weight excluding hydrogens is 357 g/mol. The molecule has 0 radical (unpaired) electrons. The molecular formula is C18H26FN3O3S. The van der Waals surface area contributed by atoms with Gasteiger partial charge in [0.05, 0.1) is 0 Å². The van der Waals surface area contributed by atoms with Gasteiger partial charge in [-0.15, -0.1) is 0 Å². The van der Waals surface area contributed by atoms with E-state index in [1.807, 2.05) is 4.90 Å². The number of halogens is 1. The maximum atomic E-state index is 13.9. The number of rotatable bonds is 4. The largest absolute Gasteiger partial charge is 0.342 e. The zero-order chi connectivity index (χ0) is 18.9. The Kier molecular flexibility index (Phi) is 5.37. The molecule has 0 aliphatic carbocycles. The molecule has 3 rings (SSSR count). The highest BCUT2D eigenvalue weighted by atomic mass is 32.2. The number of nitrogens with zero attached hydrogens (tertiary/aromatic N) is 2. The Morgan fingerprint density at radius 2 is 1.92 bits per heavy atom. The first-order chi connectivity index (χ1) is 12.3. The topological polar surface area (TPSA) is 83.7 Å². The second kappa shape index (κ2) is 7.25. The van der Waals surface area contributed by atoms with Crippen LogP contribution in [-0.4, -0.2) is 56.3 Å². The molecule has 1 aromatic carbocycles. The standard InChI is InChI=1S/C18H26FN3O3S/c1-18(12-20)8-11-21(13-18)17(23)14-6-9-22(10-7-14)26(24,25)16-5-3-2-4-15(16)19/h2-5,14H,6-13,20H2,1H3. The summed E-state index contributed by atoms with van der Waals surface area (Å²) >= 11 is 0. The van der Waals surface area contributed by atoms with Gasteiger partial charge < -0.3 is 10.6 Å². The van der Waals surface area contributed by atoms with Crippen LogP contribution in [0.25, 0.3) is 0 Å². The van der Waals surface area contributed by atoms with Crippen molar-refractivity contribution in [3.63, 3.8) is 0 Å². The first-order valence-corrected chi connectivity index (χ1v) is 10.4. The SMILES string of the molecule is CC1(CN)CCN(C(=O)C2CCN(S(=O)(=O)c3ccccc3F)CC2)C1. The van der Waals surface area contributed by atoms with Crippen LogP contribution in [0.4, 0.5) is 4.39 Å². The minimum absolute atomic E-state index is 0.0233. The fourth-order valence-electron chi connectivity index (χ4n) is 3.77. The van der Waals surface area contributed by atoms with Gasteiger partial charge in [-0.3, -0.25) is 4.79 Å². The molecule has 8 heteroatoms. The first kappa shape index (κ1) is 19.3. The lowest BCUT2D eigenvalue weighted by Gasteiger charge is -2.33. The summed E-state index contributed by atoms with van der Waals surface area (Å²) in [5.74, 6) is -0.837. The van der Waals surface area contributed by atoms with Gasteiger partial charge in [-0.1, -0.05) is 19.1 Å². The van der Waals surface area contributed by atoms with Gasteiger partial charge in [-0.2, -0.15) is 4.31 Å². The van der Waals surface area contributed by atoms with E-state index in [1.54, 1.807) is 0 Å². The van der Waals surface area contributed by atoms with Gasteiger partial charge in [0.2, 0.25) is 15.9 Å². The zero-order valence-corrected chi connectivity index (χ0v) is 15.8. The Morgan fingerprint density at radius 3 is 2.50 bits per heavy atom. The third kappa shape index (κ3) is 3.63. The average molecular weight is 383 g/mol. The van der Waals surface area contributed by atoms with Gasteiger partial charge in [0.15, 0.2) is 0 Å². The van der Waals surface area contributed by atoms with Gasteiger partial charge in [0, 0.05) is 32.1 Å². The van der Waals surface area contributed by atoms with E-state index in [2.05, 4.69) is 6.92 Å². The summed E-state index contributed by atoms with van der Waals surface area (Å²) in [6.07, 6.45) is 1.82.